The van der Waals surface area contributed by atoms with E-state index in [-0.39, 0.29) is 5.91 Å². The number of hydrogen-bond donors (Lipinski definition) is 2. The first-order chi connectivity index (χ1) is 12.5. The van der Waals surface area contributed by atoms with E-state index in [0.29, 0.717) is 23.6 Å². The second kappa shape index (κ2) is 7.79. The maximum Gasteiger partial charge on any atom is 0.307 e. The van der Waals surface area contributed by atoms with Crippen molar-refractivity contribution in [1.29, 1.82) is 0 Å². The highest BCUT2D eigenvalue weighted by Crippen LogP contribution is 2.34. The van der Waals surface area contributed by atoms with Gasteiger partial charge in [-0.15, -0.1) is 0 Å². The standard InChI is InChI=1S/C20H20ClNO4/c1-26-14-8-5-12(6-9-14)15-10-7-13(11-18(15)21)22-19(23)16-3-2-4-17(16)20(24)25/h5-11,16-17H,2-4H2,1H3,(H,22,23)(H,24,25). The third-order valence-electron chi connectivity index (χ3n) is 4.81. The third-order valence-corrected chi connectivity index (χ3v) is 5.12. The van der Waals surface area contributed by atoms with Crippen molar-refractivity contribution in [1.82, 2.24) is 0 Å². The SMILES string of the molecule is COc1ccc(-c2ccc(NC(=O)C3CCCC3C(=O)O)cc2Cl)cc1. The summed E-state index contributed by atoms with van der Waals surface area (Å²) >= 11 is 6.38. The summed E-state index contributed by atoms with van der Waals surface area (Å²) in [7, 11) is 1.61. The average Bonchev–Trinajstić information content (AvgIpc) is 3.12. The van der Waals surface area contributed by atoms with Gasteiger partial charge in [0, 0.05) is 11.3 Å². The van der Waals surface area contributed by atoms with Crippen LogP contribution in [0.1, 0.15) is 19.3 Å². The molecule has 2 unspecified atom stereocenters. The summed E-state index contributed by atoms with van der Waals surface area (Å²) < 4.78 is 5.15. The molecular weight excluding hydrogens is 354 g/mol. The fraction of sp³-hybridized carbons (Fsp3) is 0.300. The maximum absolute atomic E-state index is 12.4. The fourth-order valence-electron chi connectivity index (χ4n) is 3.40. The largest absolute Gasteiger partial charge is 0.497 e. The second-order valence-corrected chi connectivity index (χ2v) is 6.80. The van der Waals surface area contributed by atoms with Crippen molar-refractivity contribution in [2.75, 3.05) is 12.4 Å². The van der Waals surface area contributed by atoms with Crippen LogP contribution in [-0.2, 0) is 9.59 Å². The molecule has 1 aliphatic rings. The van der Waals surface area contributed by atoms with Crippen LogP contribution in [0.15, 0.2) is 42.5 Å². The Balaban J connectivity index is 1.75. The van der Waals surface area contributed by atoms with Crippen LogP contribution in [0.2, 0.25) is 5.02 Å². The molecule has 0 heterocycles. The Morgan fingerprint density at radius 2 is 1.81 bits per heavy atom. The molecule has 2 aromatic rings. The number of hydrogen-bond acceptors (Lipinski definition) is 3. The van der Waals surface area contributed by atoms with Gasteiger partial charge in [-0.2, -0.15) is 0 Å². The van der Waals surface area contributed by atoms with E-state index in [1.807, 2.05) is 30.3 Å². The molecular formula is C20H20ClNO4. The van der Waals surface area contributed by atoms with Crippen molar-refractivity contribution in [3.05, 3.63) is 47.5 Å². The van der Waals surface area contributed by atoms with Gasteiger partial charge in [-0.3, -0.25) is 9.59 Å². The van der Waals surface area contributed by atoms with E-state index < -0.39 is 17.8 Å². The summed E-state index contributed by atoms with van der Waals surface area (Å²) in [5, 5.41) is 12.5. The van der Waals surface area contributed by atoms with Crippen molar-refractivity contribution in [3.63, 3.8) is 0 Å². The first kappa shape index (κ1) is 18.3. The van der Waals surface area contributed by atoms with Crippen molar-refractivity contribution in [3.8, 4) is 16.9 Å². The number of nitrogens with one attached hydrogen (secondary N) is 1. The summed E-state index contributed by atoms with van der Waals surface area (Å²) in [6, 6.07) is 12.8. The molecule has 0 aliphatic heterocycles. The van der Waals surface area contributed by atoms with Crippen LogP contribution in [0.4, 0.5) is 5.69 Å². The van der Waals surface area contributed by atoms with Crippen LogP contribution < -0.4 is 10.1 Å². The first-order valence-corrected chi connectivity index (χ1v) is 8.85. The highest BCUT2D eigenvalue weighted by molar-refractivity contribution is 6.33. The van der Waals surface area contributed by atoms with E-state index in [2.05, 4.69) is 5.32 Å². The molecule has 1 saturated carbocycles. The number of aliphatic carboxylic acids is 1. The fourth-order valence-corrected chi connectivity index (χ4v) is 3.69. The number of methoxy groups -OCH3 is 1. The van der Waals surface area contributed by atoms with Gasteiger partial charge in [0.05, 0.1) is 24.0 Å². The Hall–Kier alpha value is -2.53. The Kier molecular flexibility index (Phi) is 5.47. The van der Waals surface area contributed by atoms with Gasteiger partial charge >= 0.3 is 5.97 Å². The zero-order chi connectivity index (χ0) is 18.7. The van der Waals surface area contributed by atoms with Gasteiger partial charge in [0.15, 0.2) is 0 Å². The Bertz CT molecular complexity index is 819. The molecule has 136 valence electrons. The summed E-state index contributed by atoms with van der Waals surface area (Å²) in [5.41, 5.74) is 2.35. The molecule has 2 atom stereocenters. The molecule has 0 radical (unpaired) electrons. The average molecular weight is 374 g/mol. The monoisotopic (exact) mass is 373 g/mol. The predicted molar refractivity (Wildman–Crippen MR) is 101 cm³/mol. The molecule has 26 heavy (non-hydrogen) atoms. The highest BCUT2D eigenvalue weighted by atomic mass is 35.5. The predicted octanol–water partition coefficient (Wildman–Crippen LogP) is 4.46. The Labute approximate surface area is 156 Å². The lowest BCUT2D eigenvalue weighted by Gasteiger charge is -2.16. The molecule has 1 amide bonds. The van der Waals surface area contributed by atoms with Crippen LogP contribution in [0.5, 0.6) is 5.75 Å². The number of carboxylic acid groups (broad SMARTS) is 1. The lowest BCUT2D eigenvalue weighted by molar-refractivity contribution is -0.145. The molecule has 2 N–H and O–H groups in total. The van der Waals surface area contributed by atoms with Crippen molar-refractivity contribution < 1.29 is 19.4 Å². The van der Waals surface area contributed by atoms with Gasteiger partial charge in [0.25, 0.3) is 0 Å². The minimum absolute atomic E-state index is 0.261. The molecule has 0 aromatic heterocycles. The van der Waals surface area contributed by atoms with E-state index in [4.69, 9.17) is 16.3 Å². The van der Waals surface area contributed by atoms with Crippen molar-refractivity contribution in [2.45, 2.75) is 19.3 Å². The zero-order valence-electron chi connectivity index (χ0n) is 14.4. The number of carbonyl (C=O) groups excluding carboxylic acids is 1. The number of ether oxygens (including phenoxy) is 1. The van der Waals surface area contributed by atoms with Crippen LogP contribution in [0.25, 0.3) is 11.1 Å². The van der Waals surface area contributed by atoms with Gasteiger partial charge in [-0.1, -0.05) is 36.2 Å². The zero-order valence-corrected chi connectivity index (χ0v) is 15.1. The summed E-state index contributed by atoms with van der Waals surface area (Å²) in [4.78, 5) is 23.7. The van der Waals surface area contributed by atoms with Crippen LogP contribution >= 0.6 is 11.6 Å². The van der Waals surface area contributed by atoms with Crippen LogP contribution in [-0.4, -0.2) is 24.1 Å². The van der Waals surface area contributed by atoms with Gasteiger partial charge in [-0.25, -0.2) is 0 Å². The highest BCUT2D eigenvalue weighted by Gasteiger charge is 2.37. The van der Waals surface area contributed by atoms with Crippen LogP contribution in [0, 0.1) is 11.8 Å². The first-order valence-electron chi connectivity index (χ1n) is 8.47. The summed E-state index contributed by atoms with van der Waals surface area (Å²) in [6.45, 7) is 0. The number of carboxylic acids is 1. The lowest BCUT2D eigenvalue weighted by Crippen LogP contribution is -2.29. The molecule has 1 fully saturated rings. The number of halogens is 1. The number of amides is 1. The Morgan fingerprint density at radius 1 is 1.12 bits per heavy atom. The number of benzene rings is 2. The molecule has 0 saturated heterocycles. The lowest BCUT2D eigenvalue weighted by atomic mass is 9.95. The minimum atomic E-state index is -0.907. The molecule has 0 spiro atoms. The topological polar surface area (TPSA) is 75.6 Å². The number of rotatable bonds is 5. The number of anilines is 1. The minimum Gasteiger partial charge on any atom is -0.497 e. The molecule has 0 bridgehead atoms. The molecule has 5 nitrogen and oxygen atoms in total. The smallest absolute Gasteiger partial charge is 0.307 e. The van der Waals surface area contributed by atoms with Crippen molar-refractivity contribution >= 4 is 29.2 Å². The summed E-state index contributed by atoms with van der Waals surface area (Å²) in [6.07, 6.45) is 1.90. The third kappa shape index (κ3) is 3.83. The maximum atomic E-state index is 12.4. The van der Waals surface area contributed by atoms with Crippen molar-refractivity contribution in [2.24, 2.45) is 11.8 Å². The van der Waals surface area contributed by atoms with Gasteiger partial charge in [0.1, 0.15) is 5.75 Å². The van der Waals surface area contributed by atoms with E-state index in [9.17, 15) is 14.7 Å². The van der Waals surface area contributed by atoms with E-state index in [0.717, 1.165) is 23.3 Å². The summed E-state index contributed by atoms with van der Waals surface area (Å²) in [5.74, 6) is -1.51. The van der Waals surface area contributed by atoms with E-state index in [1.54, 1.807) is 19.2 Å². The molecule has 1 aliphatic carbocycles. The van der Waals surface area contributed by atoms with E-state index >= 15 is 0 Å². The second-order valence-electron chi connectivity index (χ2n) is 6.39. The van der Waals surface area contributed by atoms with Gasteiger partial charge in [0.2, 0.25) is 5.91 Å². The van der Waals surface area contributed by atoms with Gasteiger partial charge in [-0.05, 0) is 42.7 Å². The van der Waals surface area contributed by atoms with Gasteiger partial charge < -0.3 is 15.2 Å². The Morgan fingerprint density at radius 3 is 2.42 bits per heavy atom. The van der Waals surface area contributed by atoms with Crippen LogP contribution in [0.3, 0.4) is 0 Å². The number of carbonyl (C=O) groups is 2. The molecule has 3 rings (SSSR count). The normalized spacial score (nSPS) is 19.2. The quantitative estimate of drug-likeness (QED) is 0.811. The molecule has 2 aromatic carbocycles. The molecule has 6 heteroatoms. The van der Waals surface area contributed by atoms with E-state index in [1.165, 1.54) is 0 Å².